The number of carbonyl (C=O) groups is 2. The molecule has 1 aliphatic rings. The summed E-state index contributed by atoms with van der Waals surface area (Å²) in [5.41, 5.74) is 2.68. The quantitative estimate of drug-likeness (QED) is 0.469. The number of hydrogen-bond acceptors (Lipinski definition) is 4. The molecule has 2 atom stereocenters. The van der Waals surface area contributed by atoms with Crippen LogP contribution in [0.1, 0.15) is 43.4 Å². The predicted octanol–water partition coefficient (Wildman–Crippen LogP) is 3.60. The Bertz CT molecular complexity index is 1040. The first-order valence-corrected chi connectivity index (χ1v) is 13.8. The summed E-state index contributed by atoms with van der Waals surface area (Å²) in [5, 5.41) is 14.2. The average Bonchev–Trinajstić information content (AvgIpc) is 2.76. The monoisotopic (exact) mass is 549 g/mol. The molecule has 6 nitrogen and oxygen atoms in total. The molecule has 1 radical (unpaired) electrons. The van der Waals surface area contributed by atoms with Crippen molar-refractivity contribution in [3.05, 3.63) is 70.8 Å². The van der Waals surface area contributed by atoms with Gasteiger partial charge in [-0.15, -0.1) is 0 Å². The van der Waals surface area contributed by atoms with Gasteiger partial charge in [0.05, 0.1) is 0 Å². The fraction of sp³-hybridized carbons (Fsp3) is 0.462. The van der Waals surface area contributed by atoms with Gasteiger partial charge in [-0.25, -0.2) is 0 Å². The molecule has 2 N–H and O–H groups in total. The first-order valence-electron chi connectivity index (χ1n) is 11.5. The summed E-state index contributed by atoms with van der Waals surface area (Å²) >= 11 is -0.511. The summed E-state index contributed by atoms with van der Waals surface area (Å²) in [7, 11) is 1.35. The molecule has 0 saturated carbocycles. The molecule has 2 aromatic carbocycles. The molecule has 2 unspecified atom stereocenters. The van der Waals surface area contributed by atoms with Crippen LogP contribution in [-0.4, -0.2) is 70.1 Å². The molecule has 0 aromatic heterocycles. The number of halogens is 2. The van der Waals surface area contributed by atoms with Crippen LogP contribution >= 0.6 is 0 Å². The van der Waals surface area contributed by atoms with Crippen LogP contribution in [-0.2, 0) is 20.2 Å². The van der Waals surface area contributed by atoms with E-state index in [1.807, 2.05) is 6.07 Å². The molecular weight excluding hydrogens is 517 g/mol. The van der Waals surface area contributed by atoms with Gasteiger partial charge in [-0.2, -0.15) is 0 Å². The summed E-state index contributed by atoms with van der Waals surface area (Å²) < 4.78 is 32.0. The fourth-order valence-corrected chi connectivity index (χ4v) is 7.80. The van der Waals surface area contributed by atoms with Crippen molar-refractivity contribution in [1.82, 2.24) is 10.2 Å². The third-order valence-corrected chi connectivity index (χ3v) is 9.81. The topological polar surface area (TPSA) is 78.9 Å². The van der Waals surface area contributed by atoms with E-state index in [-0.39, 0.29) is 22.6 Å². The second kappa shape index (κ2) is 11.5. The number of nitrogens with zero attached hydrogens (tertiary/aromatic N) is 1. The van der Waals surface area contributed by atoms with E-state index in [2.05, 4.69) is 37.4 Å². The van der Waals surface area contributed by atoms with Crippen LogP contribution in [0, 0.1) is 11.6 Å². The molecule has 1 aliphatic heterocycles. The Morgan fingerprint density at radius 1 is 1.17 bits per heavy atom. The number of methoxy groups -OCH3 is 1. The first-order chi connectivity index (χ1) is 16.5. The zero-order chi connectivity index (χ0) is 25.8. The zero-order valence-corrected chi connectivity index (χ0v) is 22.3. The molecule has 1 heterocycles. The predicted molar refractivity (Wildman–Crippen MR) is 130 cm³/mol. The number of carbonyl (C=O) groups excluding carboxylic acids is 2. The van der Waals surface area contributed by atoms with E-state index in [1.54, 1.807) is 4.90 Å². The van der Waals surface area contributed by atoms with Crippen LogP contribution in [0.2, 0.25) is 5.21 Å². The molecule has 35 heavy (non-hydrogen) atoms. The van der Waals surface area contributed by atoms with Gasteiger partial charge in [-0.05, 0) is 0 Å². The van der Waals surface area contributed by atoms with Gasteiger partial charge in [0.15, 0.2) is 0 Å². The SMILES string of the molecule is COC(=O)N1CC([As]CC(O)C(Cc2cc(F)cc(F)c2)NC(C)=O)(c2cccc(C(C)C)c2)C1. The zero-order valence-electron chi connectivity index (χ0n) is 20.4. The third-order valence-electron chi connectivity index (χ3n) is 6.24. The molecule has 2 amide bonds. The summed E-state index contributed by atoms with van der Waals surface area (Å²) in [4.78, 5) is 25.5. The Balaban J connectivity index is 1.79. The molecule has 9 heteroatoms. The molecule has 189 valence electrons. The van der Waals surface area contributed by atoms with Crippen molar-refractivity contribution in [3.63, 3.8) is 0 Å². The number of aliphatic hydroxyl groups is 1. The molecule has 2 aromatic rings. The summed E-state index contributed by atoms with van der Waals surface area (Å²) in [6, 6.07) is 10.8. The normalized spacial score (nSPS) is 16.7. The number of aliphatic hydroxyl groups excluding tert-OH is 1. The summed E-state index contributed by atoms with van der Waals surface area (Å²) in [6.45, 7) is 6.58. The van der Waals surface area contributed by atoms with Gasteiger partial charge < -0.3 is 0 Å². The van der Waals surface area contributed by atoms with Gasteiger partial charge in [0.1, 0.15) is 0 Å². The average molecular weight is 549 g/mol. The van der Waals surface area contributed by atoms with E-state index in [9.17, 15) is 23.5 Å². The second-order valence-corrected chi connectivity index (χ2v) is 12.6. The minimum atomic E-state index is -0.914. The van der Waals surface area contributed by atoms with Gasteiger partial charge >= 0.3 is 212 Å². The Kier molecular flexibility index (Phi) is 8.94. The maximum absolute atomic E-state index is 13.7. The van der Waals surface area contributed by atoms with Crippen LogP contribution in [0.5, 0.6) is 0 Å². The molecule has 0 spiro atoms. The number of ether oxygens (including phenoxy) is 1. The van der Waals surface area contributed by atoms with Crippen LogP contribution < -0.4 is 5.32 Å². The number of benzene rings is 2. The fourth-order valence-electron chi connectivity index (χ4n) is 4.33. The van der Waals surface area contributed by atoms with Crippen molar-refractivity contribution in [2.45, 2.75) is 54.7 Å². The summed E-state index contributed by atoms with van der Waals surface area (Å²) in [6.07, 6.45) is -1.20. The van der Waals surface area contributed by atoms with Gasteiger partial charge in [0.25, 0.3) is 0 Å². The molecule has 0 aliphatic carbocycles. The Morgan fingerprint density at radius 2 is 1.83 bits per heavy atom. The van der Waals surface area contributed by atoms with Crippen molar-refractivity contribution >= 4 is 27.8 Å². The van der Waals surface area contributed by atoms with Crippen LogP contribution in [0.25, 0.3) is 0 Å². The van der Waals surface area contributed by atoms with Crippen LogP contribution in [0.4, 0.5) is 13.6 Å². The van der Waals surface area contributed by atoms with E-state index >= 15 is 0 Å². The van der Waals surface area contributed by atoms with Crippen LogP contribution in [0.15, 0.2) is 42.5 Å². The van der Waals surface area contributed by atoms with Gasteiger partial charge in [-0.1, -0.05) is 0 Å². The van der Waals surface area contributed by atoms with E-state index in [0.29, 0.717) is 29.8 Å². The van der Waals surface area contributed by atoms with Crippen molar-refractivity contribution in [2.24, 2.45) is 0 Å². The van der Waals surface area contributed by atoms with Gasteiger partial charge in [0.2, 0.25) is 0 Å². The van der Waals surface area contributed by atoms with Gasteiger partial charge in [-0.3, -0.25) is 0 Å². The summed E-state index contributed by atoms with van der Waals surface area (Å²) in [5.74, 6) is -1.39. The standard InChI is InChI=1S/C26H32AsF2N2O4/c1-16(2)19-6-5-7-20(11-19)26(14-31(15-26)25(34)35-4)27-13-24(33)23(30-17(3)32)10-18-8-21(28)12-22(29)9-18/h5-9,11-12,16,23-24,33H,10,13-15H2,1-4H3,(H,30,32). The number of rotatable bonds is 9. The van der Waals surface area contributed by atoms with Crippen molar-refractivity contribution in [2.75, 3.05) is 20.2 Å². The van der Waals surface area contributed by atoms with E-state index in [0.717, 1.165) is 11.6 Å². The molecule has 3 rings (SSSR count). The molecular formula is C26H32AsF2N2O4. The first kappa shape index (κ1) is 27.2. The van der Waals surface area contributed by atoms with Crippen molar-refractivity contribution in [3.8, 4) is 0 Å². The van der Waals surface area contributed by atoms with E-state index in [1.165, 1.54) is 31.7 Å². The Labute approximate surface area is 211 Å². The van der Waals surface area contributed by atoms with E-state index < -0.39 is 39.5 Å². The second-order valence-electron chi connectivity index (χ2n) is 9.33. The number of amides is 2. The Hall–Kier alpha value is -2.44. The maximum atomic E-state index is 13.7. The number of hydrogen-bond donors (Lipinski definition) is 2. The molecule has 0 bridgehead atoms. The van der Waals surface area contributed by atoms with Crippen LogP contribution in [0.3, 0.4) is 0 Å². The van der Waals surface area contributed by atoms with Crippen molar-refractivity contribution < 1.29 is 28.2 Å². The van der Waals surface area contributed by atoms with E-state index in [4.69, 9.17) is 4.74 Å². The molecule has 1 fully saturated rings. The molecule has 1 saturated heterocycles. The number of likely N-dealkylation sites (tertiary alicyclic amines) is 1. The Morgan fingerprint density at radius 3 is 2.40 bits per heavy atom. The van der Waals surface area contributed by atoms with Gasteiger partial charge in [0, 0.05) is 0 Å². The minimum absolute atomic E-state index is 0.0979. The third kappa shape index (κ3) is 6.83. The van der Waals surface area contributed by atoms with Crippen molar-refractivity contribution in [1.29, 1.82) is 0 Å². The number of nitrogens with one attached hydrogen (secondary N) is 1.